The average molecular weight is 827 g/mol. The number of esters is 2. The molecule has 2 aromatic rings. The van der Waals surface area contributed by atoms with Gasteiger partial charge in [0.05, 0.1) is 24.4 Å². The highest BCUT2D eigenvalue weighted by Gasteiger charge is 2.46. The Hall–Kier alpha value is -4.24. The van der Waals surface area contributed by atoms with Gasteiger partial charge in [-0.3, -0.25) is 0 Å². The van der Waals surface area contributed by atoms with E-state index in [2.05, 4.69) is 16.9 Å². The lowest BCUT2D eigenvalue weighted by atomic mass is 9.73. The maximum atomic E-state index is 11.9. The smallest absolute Gasteiger partial charge is 0.345 e. The molecular weight excluding hydrogens is 764 g/mol. The van der Waals surface area contributed by atoms with Crippen molar-refractivity contribution in [1.29, 1.82) is 0 Å². The van der Waals surface area contributed by atoms with Crippen LogP contribution in [0.15, 0.2) is 36.4 Å². The third kappa shape index (κ3) is 12.2. The fourth-order valence-corrected chi connectivity index (χ4v) is 9.80. The predicted octanol–water partition coefficient (Wildman–Crippen LogP) is 4.30. The molecule has 0 aromatic heterocycles. The van der Waals surface area contributed by atoms with Gasteiger partial charge in [-0.05, 0) is 154 Å². The molecule has 6 N–H and O–H groups in total. The molecule has 14 nitrogen and oxygen atoms in total. The molecule has 0 amide bonds. The largest absolute Gasteiger partial charge is 0.482 e. The fraction of sp³-hybridized carbons (Fsp3) is 0.644. The Morgan fingerprint density at radius 3 is 1.56 bits per heavy atom. The number of aliphatic hydroxyl groups excluding tert-OH is 4. The van der Waals surface area contributed by atoms with E-state index in [0.29, 0.717) is 41.6 Å². The van der Waals surface area contributed by atoms with E-state index in [1.807, 2.05) is 38.1 Å². The van der Waals surface area contributed by atoms with Crippen molar-refractivity contribution >= 4 is 23.9 Å². The first kappa shape index (κ1) is 45.8. The van der Waals surface area contributed by atoms with Gasteiger partial charge in [-0.2, -0.15) is 0 Å². The topological polar surface area (TPSA) is 227 Å². The lowest BCUT2D eigenvalue weighted by molar-refractivity contribution is -0.163. The van der Waals surface area contributed by atoms with Crippen LogP contribution in [0.25, 0.3) is 0 Å². The van der Waals surface area contributed by atoms with Crippen LogP contribution in [0.4, 0.5) is 0 Å². The normalized spacial score (nSPS) is 26.6. The second-order valence-electron chi connectivity index (χ2n) is 16.8. The first-order valence-corrected chi connectivity index (χ1v) is 21.2. The molecule has 0 unspecified atom stereocenters. The van der Waals surface area contributed by atoms with E-state index in [4.69, 9.17) is 24.4 Å². The summed E-state index contributed by atoms with van der Waals surface area (Å²) in [6.45, 7) is 3.88. The summed E-state index contributed by atoms with van der Waals surface area (Å²) in [7, 11) is 0. The van der Waals surface area contributed by atoms with Crippen molar-refractivity contribution in [3.8, 4) is 11.5 Å². The van der Waals surface area contributed by atoms with E-state index in [-0.39, 0.29) is 49.5 Å². The fourth-order valence-electron chi connectivity index (χ4n) is 9.80. The van der Waals surface area contributed by atoms with Crippen LogP contribution < -0.4 is 9.47 Å². The molecular formula is C45H62O14. The number of benzene rings is 2. The van der Waals surface area contributed by atoms with E-state index in [9.17, 15) is 39.6 Å². The zero-order valence-corrected chi connectivity index (χ0v) is 34.4. The van der Waals surface area contributed by atoms with Gasteiger partial charge >= 0.3 is 23.9 Å². The van der Waals surface area contributed by atoms with E-state index < -0.39 is 36.6 Å². The summed E-state index contributed by atoms with van der Waals surface area (Å²) in [5.41, 5.74) is 4.44. The third-order valence-electron chi connectivity index (χ3n) is 13.0. The highest BCUT2D eigenvalue weighted by molar-refractivity contribution is 5.78. The minimum atomic E-state index is -1.21. The molecule has 6 rings (SSSR count). The van der Waals surface area contributed by atoms with Crippen LogP contribution in [0, 0.1) is 35.5 Å². The van der Waals surface area contributed by atoms with Crippen molar-refractivity contribution in [3.63, 3.8) is 0 Å². The number of carbonyl (C=O) groups excluding carboxylic acids is 2. The van der Waals surface area contributed by atoms with Crippen LogP contribution in [-0.2, 0) is 54.3 Å². The molecule has 0 spiro atoms. The Bertz CT molecular complexity index is 1740. The van der Waals surface area contributed by atoms with E-state index in [0.717, 1.165) is 92.9 Å². The minimum absolute atomic E-state index is 0.196. The molecule has 0 bridgehead atoms. The summed E-state index contributed by atoms with van der Waals surface area (Å²) in [5, 5.41) is 58.5. The van der Waals surface area contributed by atoms with Gasteiger partial charge in [0.25, 0.3) is 0 Å². The summed E-state index contributed by atoms with van der Waals surface area (Å²) in [6.07, 6.45) is 6.77. The number of rotatable bonds is 18. The monoisotopic (exact) mass is 826 g/mol. The SMILES string of the molecule is CC[C@H](O)CC[C@@H]1[C@H]2Cc3cccc(OCC(=O)OCC(=O)O)c3C[C@H]2C[C@H]1O.CC[C@H](O)CC[C@@H]1[C@H]2Cc3cccc(OCC(=O)O[C@H](C)C(=O)O)c3C[C@H]2C[C@H]1O. The Morgan fingerprint density at radius 1 is 0.678 bits per heavy atom. The molecule has 0 saturated heterocycles. The average Bonchev–Trinajstić information content (AvgIpc) is 3.69. The first-order chi connectivity index (χ1) is 28.2. The van der Waals surface area contributed by atoms with Gasteiger partial charge in [0, 0.05) is 0 Å². The maximum Gasteiger partial charge on any atom is 0.345 e. The van der Waals surface area contributed by atoms with Crippen LogP contribution in [0.3, 0.4) is 0 Å². The summed E-state index contributed by atoms with van der Waals surface area (Å²) < 4.78 is 20.7. The second kappa shape index (κ2) is 21.3. The van der Waals surface area contributed by atoms with Gasteiger partial charge in [0.1, 0.15) is 11.5 Å². The summed E-state index contributed by atoms with van der Waals surface area (Å²) >= 11 is 0. The van der Waals surface area contributed by atoms with Crippen molar-refractivity contribution in [2.45, 2.75) is 128 Å². The number of hydrogen-bond donors (Lipinski definition) is 6. The number of hydrogen-bond acceptors (Lipinski definition) is 12. The number of aliphatic hydroxyl groups is 4. The van der Waals surface area contributed by atoms with Crippen molar-refractivity contribution in [1.82, 2.24) is 0 Å². The second-order valence-corrected chi connectivity index (χ2v) is 16.8. The lowest BCUT2D eigenvalue weighted by Gasteiger charge is -2.32. The molecule has 0 heterocycles. The first-order valence-electron chi connectivity index (χ1n) is 21.2. The van der Waals surface area contributed by atoms with Crippen molar-refractivity contribution in [2.24, 2.45) is 35.5 Å². The van der Waals surface area contributed by atoms with Crippen LogP contribution >= 0.6 is 0 Å². The number of fused-ring (bicyclic) bond motifs is 4. The number of carboxylic acid groups (broad SMARTS) is 2. The maximum absolute atomic E-state index is 11.9. The Kier molecular flexibility index (Phi) is 16.6. The zero-order valence-electron chi connectivity index (χ0n) is 34.4. The van der Waals surface area contributed by atoms with Gasteiger partial charge in [-0.15, -0.1) is 0 Å². The highest BCUT2D eigenvalue weighted by Crippen LogP contribution is 2.50. The van der Waals surface area contributed by atoms with Crippen molar-refractivity contribution in [2.75, 3.05) is 19.8 Å². The molecule has 4 aliphatic carbocycles. The molecule has 59 heavy (non-hydrogen) atoms. The van der Waals surface area contributed by atoms with Crippen LogP contribution in [0.2, 0.25) is 0 Å². The molecule has 2 saturated carbocycles. The molecule has 326 valence electrons. The van der Waals surface area contributed by atoms with Gasteiger partial charge in [0.15, 0.2) is 25.9 Å². The third-order valence-corrected chi connectivity index (χ3v) is 13.0. The number of ether oxygens (including phenoxy) is 4. The van der Waals surface area contributed by atoms with Gasteiger partial charge in [0.2, 0.25) is 0 Å². The Balaban J connectivity index is 0.000000224. The van der Waals surface area contributed by atoms with Crippen LogP contribution in [-0.4, -0.2) is 105 Å². The summed E-state index contributed by atoms with van der Waals surface area (Å²) in [4.78, 5) is 44.8. The quantitative estimate of drug-likeness (QED) is 0.115. The molecule has 4 aliphatic rings. The van der Waals surface area contributed by atoms with Crippen LogP contribution in [0.5, 0.6) is 11.5 Å². The molecule has 0 radical (unpaired) electrons. The van der Waals surface area contributed by atoms with Crippen molar-refractivity contribution in [3.05, 3.63) is 58.7 Å². The number of carbonyl (C=O) groups is 4. The molecule has 11 atom stereocenters. The van der Waals surface area contributed by atoms with Gasteiger partial charge in [-0.25, -0.2) is 19.2 Å². The molecule has 14 heteroatoms. The highest BCUT2D eigenvalue weighted by atomic mass is 16.6. The number of aliphatic carboxylic acids is 2. The zero-order chi connectivity index (χ0) is 42.8. The summed E-state index contributed by atoms with van der Waals surface area (Å²) in [6, 6.07) is 11.5. The predicted molar refractivity (Wildman–Crippen MR) is 214 cm³/mol. The summed E-state index contributed by atoms with van der Waals surface area (Å²) in [5.74, 6) is -0.749. The van der Waals surface area contributed by atoms with E-state index in [1.165, 1.54) is 6.92 Å². The van der Waals surface area contributed by atoms with Crippen molar-refractivity contribution < 1.29 is 68.8 Å². The van der Waals surface area contributed by atoms with Gasteiger partial charge < -0.3 is 49.6 Å². The number of carboxylic acids is 2. The molecule has 2 aromatic carbocycles. The van der Waals surface area contributed by atoms with E-state index >= 15 is 0 Å². The Morgan fingerprint density at radius 2 is 1.14 bits per heavy atom. The standard InChI is InChI=1S/C23H32O7.C22H30O7/c1-3-16(24)7-8-17-18-9-14-5-4-6-21(19(14)10-15(18)11-20(17)25)29-12-22(26)30-13(2)23(27)28;1-2-15(23)6-7-16-17-8-13-4-3-5-20(18(13)9-14(17)10-19(16)24)28-12-22(27)29-11-21(25)26/h4-6,13,15-18,20,24-25H,3,7-12H2,1-2H3,(H,27,28);3-5,14-17,19,23-24H,2,6-12H2,1H3,(H,25,26)/t13-,15+,16+,17-,18+,20-;14-,15-,16+,17-,19+/m10/s1. The van der Waals surface area contributed by atoms with Crippen LogP contribution in [0.1, 0.15) is 94.4 Å². The lowest BCUT2D eigenvalue weighted by Crippen LogP contribution is -2.29. The molecule has 0 aliphatic heterocycles. The molecule has 2 fully saturated rings. The minimum Gasteiger partial charge on any atom is -0.482 e. The Labute approximate surface area is 345 Å². The van der Waals surface area contributed by atoms with Gasteiger partial charge in [-0.1, -0.05) is 38.1 Å². The van der Waals surface area contributed by atoms with E-state index in [1.54, 1.807) is 0 Å².